The van der Waals surface area contributed by atoms with Gasteiger partial charge in [0.05, 0.1) is 31.3 Å². The fraction of sp³-hybridized carbons (Fsp3) is 0.600. The highest BCUT2D eigenvalue weighted by atomic mass is 16.6. The van der Waals surface area contributed by atoms with Crippen LogP contribution in [-0.2, 0) is 33.4 Å². The number of likely N-dealkylation sites (N-methyl/N-ethyl adjacent to an activating group) is 1. The van der Waals surface area contributed by atoms with Crippen molar-refractivity contribution in [2.24, 2.45) is 11.8 Å². The van der Waals surface area contributed by atoms with Crippen molar-refractivity contribution in [3.05, 3.63) is 60.2 Å². The molecular formula is C35H46N4O8. The normalized spacial score (nSPS) is 34.2. The standard InChI is InChI=1S/C35H46N4O8/c1-24-30(25-10-5-3-6-11-25)46-34(44)28-26-13-14-35(47-26)29(28)32(42)39(16-9-21-40)31(35)33(43)38(18-17-37-19-22-45-23-20-37)15-8-4-7-12-27(41)36(24)2/h3-6,8,10-11,13-14,24,26,28-31,40H,7,9,12,15-23H2,1-2H3/b8-4-/t24-,26+,28-,29-,30+,31+,35-/m1/s1. The van der Waals surface area contributed by atoms with Crippen molar-refractivity contribution in [3.8, 4) is 0 Å². The monoisotopic (exact) mass is 650 g/mol. The van der Waals surface area contributed by atoms with Gasteiger partial charge in [0, 0.05) is 59.3 Å². The molecule has 7 atom stereocenters. The van der Waals surface area contributed by atoms with Gasteiger partial charge in [-0.2, -0.15) is 0 Å². The van der Waals surface area contributed by atoms with Crippen molar-refractivity contribution in [1.29, 1.82) is 0 Å². The summed E-state index contributed by atoms with van der Waals surface area (Å²) in [5.41, 5.74) is -0.612. The van der Waals surface area contributed by atoms with Gasteiger partial charge in [-0.05, 0) is 25.3 Å². The van der Waals surface area contributed by atoms with Crippen molar-refractivity contribution in [3.63, 3.8) is 0 Å². The third kappa shape index (κ3) is 6.36. The molecule has 47 heavy (non-hydrogen) atoms. The number of nitrogens with zero attached hydrogens (tertiary/aromatic N) is 4. The van der Waals surface area contributed by atoms with Gasteiger partial charge in [0.25, 0.3) is 0 Å². The van der Waals surface area contributed by atoms with Gasteiger partial charge in [-0.3, -0.25) is 24.1 Å². The molecule has 5 aliphatic heterocycles. The summed E-state index contributed by atoms with van der Waals surface area (Å²) in [7, 11) is 1.71. The lowest BCUT2D eigenvalue weighted by atomic mass is 9.74. The highest BCUT2D eigenvalue weighted by Crippen LogP contribution is 2.56. The molecule has 5 bridgehead atoms. The average molecular weight is 651 g/mol. The molecule has 1 spiro atoms. The van der Waals surface area contributed by atoms with Crippen LogP contribution in [0.1, 0.15) is 37.9 Å². The molecule has 5 aliphatic rings. The molecule has 1 aromatic carbocycles. The van der Waals surface area contributed by atoms with Crippen molar-refractivity contribution >= 4 is 23.7 Å². The van der Waals surface area contributed by atoms with Crippen LogP contribution >= 0.6 is 0 Å². The Bertz CT molecular complexity index is 1380. The van der Waals surface area contributed by atoms with Gasteiger partial charge in [-0.25, -0.2) is 0 Å². The van der Waals surface area contributed by atoms with Crippen LogP contribution in [0.15, 0.2) is 54.6 Å². The number of rotatable bonds is 7. The number of cyclic esters (lactones) is 1. The Balaban J connectivity index is 1.37. The van der Waals surface area contributed by atoms with Gasteiger partial charge < -0.3 is 34.0 Å². The minimum atomic E-state index is -1.34. The fourth-order valence-electron chi connectivity index (χ4n) is 7.67. The van der Waals surface area contributed by atoms with E-state index in [1.165, 1.54) is 4.90 Å². The first-order chi connectivity index (χ1) is 22.8. The number of esters is 1. The Hall–Kier alpha value is -3.58. The second kappa shape index (κ2) is 14.3. The molecule has 0 aromatic heterocycles. The summed E-state index contributed by atoms with van der Waals surface area (Å²) in [4.78, 5) is 63.6. The van der Waals surface area contributed by atoms with E-state index in [-0.39, 0.29) is 50.3 Å². The molecule has 12 heteroatoms. The first kappa shape index (κ1) is 33.3. The Morgan fingerprint density at radius 3 is 2.49 bits per heavy atom. The third-order valence-electron chi connectivity index (χ3n) is 10.4. The fourth-order valence-corrected chi connectivity index (χ4v) is 7.67. The van der Waals surface area contributed by atoms with E-state index in [4.69, 9.17) is 14.2 Å². The minimum absolute atomic E-state index is 0.0948. The summed E-state index contributed by atoms with van der Waals surface area (Å²) < 4.78 is 18.3. The highest BCUT2D eigenvalue weighted by molar-refractivity contribution is 5.99. The van der Waals surface area contributed by atoms with Gasteiger partial charge >= 0.3 is 5.97 Å². The van der Waals surface area contributed by atoms with Crippen LogP contribution in [0.5, 0.6) is 0 Å². The number of amides is 3. The summed E-state index contributed by atoms with van der Waals surface area (Å²) in [5.74, 6) is -3.26. The second-order valence-corrected chi connectivity index (χ2v) is 13.1. The van der Waals surface area contributed by atoms with Gasteiger partial charge in [-0.15, -0.1) is 0 Å². The molecule has 1 N–H and O–H groups in total. The van der Waals surface area contributed by atoms with Crippen LogP contribution in [0, 0.1) is 11.8 Å². The summed E-state index contributed by atoms with van der Waals surface area (Å²) in [6, 6.07) is 7.78. The third-order valence-corrected chi connectivity index (χ3v) is 10.4. The minimum Gasteiger partial charge on any atom is -0.455 e. The highest BCUT2D eigenvalue weighted by Gasteiger charge is 2.73. The largest absolute Gasteiger partial charge is 0.455 e. The maximum Gasteiger partial charge on any atom is 0.313 e. The van der Waals surface area contributed by atoms with Crippen LogP contribution in [-0.4, -0.2) is 138 Å². The first-order valence-electron chi connectivity index (χ1n) is 16.8. The van der Waals surface area contributed by atoms with Crippen LogP contribution in [0.4, 0.5) is 0 Å². The number of allylic oxidation sites excluding steroid dienone is 1. The van der Waals surface area contributed by atoms with E-state index in [0.717, 1.165) is 18.7 Å². The quantitative estimate of drug-likeness (QED) is 0.342. The second-order valence-electron chi connectivity index (χ2n) is 13.1. The predicted octanol–water partition coefficient (Wildman–Crippen LogP) is 1.16. The lowest BCUT2D eigenvalue weighted by Crippen LogP contribution is -2.57. The van der Waals surface area contributed by atoms with Crippen molar-refractivity contribution in [2.75, 3.05) is 66.1 Å². The Morgan fingerprint density at radius 2 is 1.74 bits per heavy atom. The number of ether oxygens (including phenoxy) is 3. The number of likely N-dealkylation sites (tertiary alicyclic amines) is 1. The van der Waals surface area contributed by atoms with E-state index < -0.39 is 47.7 Å². The molecule has 3 fully saturated rings. The molecule has 5 heterocycles. The Morgan fingerprint density at radius 1 is 0.979 bits per heavy atom. The van der Waals surface area contributed by atoms with E-state index in [1.807, 2.05) is 49.4 Å². The van der Waals surface area contributed by atoms with Gasteiger partial charge in [0.15, 0.2) is 0 Å². The van der Waals surface area contributed by atoms with Crippen molar-refractivity contribution in [2.45, 2.75) is 56.1 Å². The van der Waals surface area contributed by atoms with Gasteiger partial charge in [0.2, 0.25) is 17.7 Å². The van der Waals surface area contributed by atoms with E-state index in [2.05, 4.69) is 4.90 Å². The Kier molecular flexibility index (Phi) is 10.1. The molecule has 0 radical (unpaired) electrons. The zero-order chi connectivity index (χ0) is 33.1. The zero-order valence-electron chi connectivity index (χ0n) is 27.2. The molecule has 3 amide bonds. The van der Waals surface area contributed by atoms with E-state index in [9.17, 15) is 24.3 Å². The van der Waals surface area contributed by atoms with Crippen LogP contribution in [0.25, 0.3) is 0 Å². The SMILES string of the molecule is C[C@@H]1[C@@H](c2ccccc2)OC(=O)[C@@H]2[C@@H]3C=C[C@]4(O3)[C@H](C(=O)N(CCN3CCOCC3)C/C=C\CCC(=O)N1C)N(CCCO)C(=O)[C@@H]24. The van der Waals surface area contributed by atoms with Crippen molar-refractivity contribution < 1.29 is 38.5 Å². The molecule has 1 aromatic rings. The summed E-state index contributed by atoms with van der Waals surface area (Å²) in [6.45, 7) is 5.99. The average Bonchev–Trinajstić information content (AvgIpc) is 3.74. The number of fused-ring (bicyclic) bond motifs is 2. The summed E-state index contributed by atoms with van der Waals surface area (Å²) in [6.07, 6.45) is 6.86. The molecule has 0 aliphatic carbocycles. The topological polar surface area (TPSA) is 129 Å². The lowest BCUT2D eigenvalue weighted by Gasteiger charge is -2.37. The number of hydrogen-bond donors (Lipinski definition) is 1. The Labute approximate surface area is 275 Å². The predicted molar refractivity (Wildman–Crippen MR) is 171 cm³/mol. The van der Waals surface area contributed by atoms with Crippen molar-refractivity contribution in [1.82, 2.24) is 19.6 Å². The number of benzene rings is 1. The van der Waals surface area contributed by atoms with Crippen LogP contribution in [0.3, 0.4) is 0 Å². The van der Waals surface area contributed by atoms with Crippen LogP contribution < -0.4 is 0 Å². The maximum absolute atomic E-state index is 14.7. The molecule has 12 nitrogen and oxygen atoms in total. The van der Waals surface area contributed by atoms with E-state index >= 15 is 0 Å². The number of aliphatic hydroxyl groups is 1. The molecule has 6 rings (SSSR count). The number of morpholine rings is 1. The zero-order valence-corrected chi connectivity index (χ0v) is 27.2. The molecule has 254 valence electrons. The smallest absolute Gasteiger partial charge is 0.313 e. The number of aliphatic hydroxyl groups excluding tert-OH is 1. The summed E-state index contributed by atoms with van der Waals surface area (Å²) in [5, 5.41) is 9.71. The number of carbonyl (C=O) groups excluding carboxylic acids is 4. The molecule has 0 saturated carbocycles. The van der Waals surface area contributed by atoms with E-state index in [1.54, 1.807) is 29.0 Å². The first-order valence-corrected chi connectivity index (χ1v) is 16.8. The van der Waals surface area contributed by atoms with Gasteiger partial charge in [-0.1, -0.05) is 54.6 Å². The lowest BCUT2D eigenvalue weighted by molar-refractivity contribution is -0.164. The summed E-state index contributed by atoms with van der Waals surface area (Å²) >= 11 is 0. The van der Waals surface area contributed by atoms with Gasteiger partial charge in [0.1, 0.15) is 23.7 Å². The molecule has 0 unspecified atom stereocenters. The van der Waals surface area contributed by atoms with Crippen LogP contribution in [0.2, 0.25) is 0 Å². The maximum atomic E-state index is 14.7. The number of hydrogen-bond acceptors (Lipinski definition) is 9. The number of carbonyl (C=O) groups is 4. The molecule has 3 saturated heterocycles. The molecular weight excluding hydrogens is 604 g/mol. The van der Waals surface area contributed by atoms with E-state index in [0.29, 0.717) is 32.7 Å².